The van der Waals surface area contributed by atoms with E-state index in [-0.39, 0.29) is 0 Å². The second kappa shape index (κ2) is 14.1. The summed E-state index contributed by atoms with van der Waals surface area (Å²) in [5, 5.41) is 2.45. The topological polar surface area (TPSA) is 31.0 Å². The minimum absolute atomic E-state index is 0.633. The molecule has 2 heterocycles. The molecule has 0 spiro atoms. The van der Waals surface area contributed by atoms with Gasteiger partial charge in [-0.3, -0.25) is 0 Å². The Bertz CT molecular complexity index is 3040. The molecule has 11 rings (SSSR count). The number of benzene rings is 9. The molecule has 9 aromatic carbocycles. The number of aromatic nitrogens is 2. The molecular weight excluding hydrogens is 705 g/mol. The maximum atomic E-state index is 6.02. The highest BCUT2D eigenvalue weighted by molar-refractivity contribution is 6.11. The molecule has 0 saturated heterocycles. The second-order valence-corrected chi connectivity index (χ2v) is 14.8. The van der Waals surface area contributed by atoms with E-state index in [1.165, 1.54) is 66.3 Å². The van der Waals surface area contributed by atoms with Gasteiger partial charge in [0, 0.05) is 22.0 Å². The van der Waals surface area contributed by atoms with Crippen molar-refractivity contribution in [3.63, 3.8) is 0 Å². The van der Waals surface area contributed by atoms with Crippen molar-refractivity contribution in [1.82, 2.24) is 9.55 Å². The van der Waals surface area contributed by atoms with E-state index in [1.807, 2.05) is 24.3 Å². The SMILES string of the molecule is c1ccc(-c2ccc(-c3ccc4c(c3)c3cc(-c5ccc(-c6ccccc6)cc5)ccc3n4-c3ccc(-c4ccc(-c5nc6ccccc6o5)cc4)cc3)cc2)cc1. The second-order valence-electron chi connectivity index (χ2n) is 14.8. The van der Waals surface area contributed by atoms with Gasteiger partial charge < -0.3 is 8.98 Å². The van der Waals surface area contributed by atoms with E-state index in [1.54, 1.807) is 0 Å². The molecule has 0 fully saturated rings. The number of hydrogen-bond donors (Lipinski definition) is 0. The van der Waals surface area contributed by atoms with Crippen molar-refractivity contribution in [3.8, 4) is 72.8 Å². The predicted molar refractivity (Wildman–Crippen MR) is 241 cm³/mol. The van der Waals surface area contributed by atoms with Gasteiger partial charge >= 0.3 is 0 Å². The summed E-state index contributed by atoms with van der Waals surface area (Å²) in [4.78, 5) is 4.68. The molecule has 0 radical (unpaired) electrons. The minimum atomic E-state index is 0.633. The fourth-order valence-electron chi connectivity index (χ4n) is 8.24. The smallest absolute Gasteiger partial charge is 0.227 e. The van der Waals surface area contributed by atoms with Gasteiger partial charge in [-0.05, 0) is 116 Å². The zero-order chi connectivity index (χ0) is 38.4. The average Bonchev–Trinajstić information content (AvgIpc) is 3.89. The van der Waals surface area contributed by atoms with Crippen LogP contribution in [0, 0.1) is 0 Å². The lowest BCUT2D eigenvalue weighted by Crippen LogP contribution is -1.94. The third kappa shape index (κ3) is 6.07. The lowest BCUT2D eigenvalue weighted by molar-refractivity contribution is 0.620. The van der Waals surface area contributed by atoms with Gasteiger partial charge in [0.15, 0.2) is 5.58 Å². The monoisotopic (exact) mass is 740 g/mol. The number of oxazole rings is 1. The Morgan fingerprint density at radius 3 is 1.14 bits per heavy atom. The number of para-hydroxylation sites is 2. The quantitative estimate of drug-likeness (QED) is 0.163. The fraction of sp³-hybridized carbons (Fsp3) is 0. The van der Waals surface area contributed by atoms with Crippen molar-refractivity contribution in [2.45, 2.75) is 0 Å². The highest BCUT2D eigenvalue weighted by Gasteiger charge is 2.16. The van der Waals surface area contributed by atoms with Gasteiger partial charge in [0.1, 0.15) is 5.52 Å². The molecule has 0 saturated carbocycles. The molecule has 11 aromatic rings. The number of hydrogen-bond acceptors (Lipinski definition) is 2. The molecular formula is C55H36N2O. The molecule has 0 unspecified atom stereocenters. The normalized spacial score (nSPS) is 11.4. The highest BCUT2D eigenvalue weighted by atomic mass is 16.3. The van der Waals surface area contributed by atoms with Crippen LogP contribution in [0.5, 0.6) is 0 Å². The van der Waals surface area contributed by atoms with Gasteiger partial charge in [-0.1, -0.05) is 158 Å². The third-order valence-electron chi connectivity index (χ3n) is 11.3. The number of rotatable bonds is 7. The largest absolute Gasteiger partial charge is 0.436 e. The van der Waals surface area contributed by atoms with Crippen LogP contribution in [0.15, 0.2) is 223 Å². The molecule has 0 aliphatic heterocycles. The molecule has 0 atom stereocenters. The zero-order valence-corrected chi connectivity index (χ0v) is 31.6. The lowest BCUT2D eigenvalue weighted by atomic mass is 9.97. The van der Waals surface area contributed by atoms with Crippen molar-refractivity contribution in [2.24, 2.45) is 0 Å². The molecule has 0 N–H and O–H groups in total. The van der Waals surface area contributed by atoms with Crippen LogP contribution in [0.25, 0.3) is 106 Å². The lowest BCUT2D eigenvalue weighted by Gasteiger charge is -2.11. The van der Waals surface area contributed by atoms with Crippen LogP contribution >= 0.6 is 0 Å². The summed E-state index contributed by atoms with van der Waals surface area (Å²) in [6.45, 7) is 0. The van der Waals surface area contributed by atoms with Crippen LogP contribution < -0.4 is 0 Å². The van der Waals surface area contributed by atoms with Gasteiger partial charge in [-0.2, -0.15) is 0 Å². The summed E-state index contributed by atoms with van der Waals surface area (Å²) in [7, 11) is 0. The Hall–Kier alpha value is -7.75. The number of nitrogens with zero attached hydrogens (tertiary/aromatic N) is 2. The Balaban J connectivity index is 0.975. The molecule has 0 bridgehead atoms. The first-order valence-electron chi connectivity index (χ1n) is 19.7. The van der Waals surface area contributed by atoms with E-state index in [0.717, 1.165) is 33.5 Å². The van der Waals surface area contributed by atoms with Gasteiger partial charge in [0.25, 0.3) is 0 Å². The van der Waals surface area contributed by atoms with Crippen LogP contribution in [-0.4, -0.2) is 9.55 Å². The Morgan fingerprint density at radius 1 is 0.310 bits per heavy atom. The zero-order valence-electron chi connectivity index (χ0n) is 31.6. The molecule has 3 nitrogen and oxygen atoms in total. The van der Waals surface area contributed by atoms with Gasteiger partial charge in [-0.15, -0.1) is 0 Å². The van der Waals surface area contributed by atoms with Crippen LogP contribution in [0.2, 0.25) is 0 Å². The maximum absolute atomic E-state index is 6.02. The highest BCUT2D eigenvalue weighted by Crippen LogP contribution is 2.38. The van der Waals surface area contributed by atoms with E-state index in [9.17, 15) is 0 Å². The Kier molecular flexibility index (Phi) is 8.15. The van der Waals surface area contributed by atoms with Crippen LogP contribution in [0.3, 0.4) is 0 Å². The first kappa shape index (κ1) is 33.6. The van der Waals surface area contributed by atoms with Crippen molar-refractivity contribution < 1.29 is 4.42 Å². The summed E-state index contributed by atoms with van der Waals surface area (Å²) in [6.07, 6.45) is 0. The molecule has 58 heavy (non-hydrogen) atoms. The standard InChI is InChI=1S/C55H36N2O/c1-3-9-37(10-4-1)39-15-19-43(20-16-39)46-29-33-52-49(35-46)50-36-47(44-21-17-40(18-22-44)38-11-5-2-6-12-38)30-34-53(50)57(52)48-31-27-42(28-32-48)41-23-25-45(26-24-41)55-56-51-13-7-8-14-54(51)58-55/h1-36H. The van der Waals surface area contributed by atoms with Crippen molar-refractivity contribution in [1.29, 1.82) is 0 Å². The van der Waals surface area contributed by atoms with E-state index in [4.69, 9.17) is 4.42 Å². The number of fused-ring (bicyclic) bond motifs is 4. The summed E-state index contributed by atoms with van der Waals surface area (Å²) in [5.41, 5.74) is 18.0. The van der Waals surface area contributed by atoms with Gasteiger partial charge in [-0.25, -0.2) is 4.98 Å². The van der Waals surface area contributed by atoms with E-state index < -0.39 is 0 Å². The van der Waals surface area contributed by atoms with E-state index in [2.05, 4.69) is 204 Å². The van der Waals surface area contributed by atoms with Crippen molar-refractivity contribution in [3.05, 3.63) is 218 Å². The summed E-state index contributed by atoms with van der Waals surface area (Å²) in [6, 6.07) is 78.0. The van der Waals surface area contributed by atoms with Gasteiger partial charge in [0.2, 0.25) is 5.89 Å². The Labute approximate surface area is 336 Å². The van der Waals surface area contributed by atoms with Crippen molar-refractivity contribution in [2.75, 3.05) is 0 Å². The first-order valence-corrected chi connectivity index (χ1v) is 19.7. The minimum Gasteiger partial charge on any atom is -0.436 e. The molecule has 272 valence electrons. The maximum Gasteiger partial charge on any atom is 0.227 e. The molecule has 0 aliphatic rings. The fourth-order valence-corrected chi connectivity index (χ4v) is 8.24. The first-order chi connectivity index (χ1) is 28.7. The Morgan fingerprint density at radius 2 is 0.672 bits per heavy atom. The predicted octanol–water partition coefficient (Wildman–Crippen LogP) is 14.9. The average molecular weight is 741 g/mol. The molecule has 0 aliphatic carbocycles. The summed E-state index contributed by atoms with van der Waals surface area (Å²) in [5.74, 6) is 0.633. The summed E-state index contributed by atoms with van der Waals surface area (Å²) >= 11 is 0. The summed E-state index contributed by atoms with van der Waals surface area (Å²) < 4.78 is 8.42. The van der Waals surface area contributed by atoms with Crippen LogP contribution in [0.4, 0.5) is 0 Å². The third-order valence-corrected chi connectivity index (χ3v) is 11.3. The van der Waals surface area contributed by atoms with E-state index in [0.29, 0.717) is 5.89 Å². The molecule has 2 aromatic heterocycles. The van der Waals surface area contributed by atoms with Crippen LogP contribution in [0.1, 0.15) is 0 Å². The molecule has 0 amide bonds. The van der Waals surface area contributed by atoms with E-state index >= 15 is 0 Å². The van der Waals surface area contributed by atoms with Gasteiger partial charge in [0.05, 0.1) is 11.0 Å². The van der Waals surface area contributed by atoms with Crippen LogP contribution in [-0.2, 0) is 0 Å². The van der Waals surface area contributed by atoms with Crippen molar-refractivity contribution >= 4 is 32.9 Å². The molecule has 3 heteroatoms.